The van der Waals surface area contributed by atoms with Crippen LogP contribution < -0.4 is 10.6 Å². The lowest BCUT2D eigenvalue weighted by Crippen LogP contribution is -2.48. The van der Waals surface area contributed by atoms with E-state index in [4.69, 9.17) is 4.74 Å². The highest BCUT2D eigenvalue weighted by Gasteiger charge is 2.45. The molecule has 0 spiro atoms. The van der Waals surface area contributed by atoms with Gasteiger partial charge in [-0.25, -0.2) is 4.79 Å². The first-order valence-electron chi connectivity index (χ1n) is 6.34. The van der Waals surface area contributed by atoms with Crippen LogP contribution in [-0.2, 0) is 4.74 Å². The second-order valence-electron chi connectivity index (χ2n) is 5.78. The second-order valence-corrected chi connectivity index (χ2v) is 5.78. The number of hydrogen-bond acceptors (Lipinski definition) is 3. The van der Waals surface area contributed by atoms with Gasteiger partial charge in [0.05, 0.1) is 5.92 Å². The molecule has 1 saturated heterocycles. The van der Waals surface area contributed by atoms with Crippen LogP contribution in [0, 0.1) is 11.8 Å². The number of alkyl carbamates (subject to hydrolysis) is 1. The van der Waals surface area contributed by atoms with Gasteiger partial charge in [-0.05, 0) is 39.7 Å². The average Bonchev–Trinajstić information content (AvgIpc) is 2.23. The number of hydrogen-bond donors (Lipinski definition) is 2. The van der Waals surface area contributed by atoms with Gasteiger partial charge in [0.15, 0.2) is 0 Å². The van der Waals surface area contributed by atoms with Gasteiger partial charge in [-0.3, -0.25) is 0 Å². The van der Waals surface area contributed by atoms with Crippen molar-refractivity contribution in [3.05, 3.63) is 0 Å². The average molecular weight is 282 g/mol. The Morgan fingerprint density at radius 1 is 1.37 bits per heavy atom. The molecule has 7 heteroatoms. The molecule has 2 N–H and O–H groups in total. The monoisotopic (exact) mass is 282 g/mol. The summed E-state index contributed by atoms with van der Waals surface area (Å²) < 4.78 is 43.4. The SMILES string of the molecule is CC(C)(C)OC(=O)NC[C@H]1CCNC[C@@H]1C(F)(F)F. The third kappa shape index (κ3) is 5.67. The number of halogens is 3. The summed E-state index contributed by atoms with van der Waals surface area (Å²) in [5.41, 5.74) is -0.651. The lowest BCUT2D eigenvalue weighted by atomic mass is 9.86. The molecular weight excluding hydrogens is 261 g/mol. The Bertz CT molecular complexity index is 313. The number of alkyl halides is 3. The van der Waals surface area contributed by atoms with E-state index in [0.29, 0.717) is 13.0 Å². The molecule has 0 aromatic rings. The van der Waals surface area contributed by atoms with E-state index in [1.165, 1.54) is 0 Å². The van der Waals surface area contributed by atoms with E-state index >= 15 is 0 Å². The topological polar surface area (TPSA) is 50.4 Å². The van der Waals surface area contributed by atoms with Gasteiger partial charge in [-0.1, -0.05) is 0 Å². The molecule has 0 aromatic carbocycles. The van der Waals surface area contributed by atoms with Crippen LogP contribution in [-0.4, -0.2) is 37.5 Å². The maximum absolute atomic E-state index is 12.8. The fraction of sp³-hybridized carbons (Fsp3) is 0.917. The quantitative estimate of drug-likeness (QED) is 0.817. The summed E-state index contributed by atoms with van der Waals surface area (Å²) in [6, 6.07) is 0. The van der Waals surface area contributed by atoms with E-state index in [2.05, 4.69) is 10.6 Å². The minimum Gasteiger partial charge on any atom is -0.444 e. The highest BCUT2D eigenvalue weighted by atomic mass is 19.4. The summed E-state index contributed by atoms with van der Waals surface area (Å²) in [6.45, 7) is 5.54. The van der Waals surface area contributed by atoms with Gasteiger partial charge in [0.25, 0.3) is 0 Å². The van der Waals surface area contributed by atoms with Crippen molar-refractivity contribution in [2.45, 2.75) is 39.0 Å². The van der Waals surface area contributed by atoms with Crippen LogP contribution >= 0.6 is 0 Å². The van der Waals surface area contributed by atoms with E-state index < -0.39 is 29.7 Å². The van der Waals surface area contributed by atoms with Crippen molar-refractivity contribution in [1.29, 1.82) is 0 Å². The molecule has 4 nitrogen and oxygen atoms in total. The molecule has 0 bridgehead atoms. The molecule has 1 heterocycles. The van der Waals surface area contributed by atoms with Crippen LogP contribution in [0.5, 0.6) is 0 Å². The molecule has 1 amide bonds. The summed E-state index contributed by atoms with van der Waals surface area (Å²) in [6.07, 6.45) is -4.53. The first kappa shape index (κ1) is 16.1. The molecule has 0 aliphatic carbocycles. The van der Waals surface area contributed by atoms with Gasteiger partial charge in [-0.2, -0.15) is 13.2 Å². The Labute approximate surface area is 111 Å². The van der Waals surface area contributed by atoms with Crippen molar-refractivity contribution < 1.29 is 22.7 Å². The third-order valence-electron chi connectivity index (χ3n) is 2.95. The van der Waals surface area contributed by atoms with Crippen LogP contribution in [0.4, 0.5) is 18.0 Å². The fourth-order valence-corrected chi connectivity index (χ4v) is 2.07. The largest absolute Gasteiger partial charge is 0.444 e. The van der Waals surface area contributed by atoms with Crippen molar-refractivity contribution in [3.63, 3.8) is 0 Å². The summed E-state index contributed by atoms with van der Waals surface area (Å²) >= 11 is 0. The number of carbonyl (C=O) groups excluding carboxylic acids is 1. The molecule has 1 fully saturated rings. The standard InChI is InChI=1S/C12H21F3N2O2/c1-11(2,3)19-10(18)17-6-8-4-5-16-7-9(8)12(13,14)15/h8-9,16H,4-7H2,1-3H3,(H,17,18)/t8-,9+/m1/s1. The summed E-state index contributed by atoms with van der Waals surface area (Å²) in [5, 5.41) is 5.16. The zero-order valence-corrected chi connectivity index (χ0v) is 11.4. The molecule has 112 valence electrons. The van der Waals surface area contributed by atoms with Gasteiger partial charge in [0, 0.05) is 13.1 Å². The van der Waals surface area contributed by atoms with Crippen LogP contribution in [0.25, 0.3) is 0 Å². The minimum atomic E-state index is -4.24. The lowest BCUT2D eigenvalue weighted by Gasteiger charge is -2.33. The number of ether oxygens (including phenoxy) is 1. The van der Waals surface area contributed by atoms with Gasteiger partial charge < -0.3 is 15.4 Å². The van der Waals surface area contributed by atoms with Crippen LogP contribution in [0.2, 0.25) is 0 Å². The van der Waals surface area contributed by atoms with Crippen molar-refractivity contribution in [3.8, 4) is 0 Å². The minimum absolute atomic E-state index is 0.0131. The molecule has 1 aliphatic rings. The maximum atomic E-state index is 12.8. The van der Waals surface area contributed by atoms with Crippen molar-refractivity contribution >= 4 is 6.09 Å². The molecule has 0 aromatic heterocycles. The number of amides is 1. The number of nitrogens with one attached hydrogen (secondary N) is 2. The van der Waals surface area contributed by atoms with Gasteiger partial charge >= 0.3 is 12.3 Å². The Hall–Kier alpha value is -0.980. The maximum Gasteiger partial charge on any atom is 0.407 e. The second kappa shape index (κ2) is 5.98. The molecule has 19 heavy (non-hydrogen) atoms. The van der Waals surface area contributed by atoms with E-state index in [9.17, 15) is 18.0 Å². The highest BCUT2D eigenvalue weighted by Crippen LogP contribution is 2.34. The predicted molar refractivity (Wildman–Crippen MR) is 64.8 cm³/mol. The molecule has 1 rings (SSSR count). The number of rotatable bonds is 2. The van der Waals surface area contributed by atoms with E-state index in [0.717, 1.165) is 0 Å². The molecule has 2 atom stereocenters. The molecule has 1 aliphatic heterocycles. The first-order chi connectivity index (χ1) is 8.59. The normalized spacial score (nSPS) is 24.9. The van der Waals surface area contributed by atoms with Gasteiger partial charge in [0.1, 0.15) is 5.60 Å². The van der Waals surface area contributed by atoms with Crippen molar-refractivity contribution in [2.75, 3.05) is 19.6 Å². The summed E-state index contributed by atoms with van der Waals surface area (Å²) in [7, 11) is 0. The Balaban J connectivity index is 2.48. The molecule has 0 saturated carbocycles. The predicted octanol–water partition coefficient (Wildman–Crippen LogP) is 2.30. The lowest BCUT2D eigenvalue weighted by molar-refractivity contribution is -0.191. The van der Waals surface area contributed by atoms with Crippen LogP contribution in [0.3, 0.4) is 0 Å². The zero-order valence-electron chi connectivity index (χ0n) is 11.4. The molecule has 0 radical (unpaired) electrons. The Morgan fingerprint density at radius 3 is 2.53 bits per heavy atom. The van der Waals surface area contributed by atoms with Crippen molar-refractivity contribution in [2.24, 2.45) is 11.8 Å². The van der Waals surface area contributed by atoms with E-state index in [1.807, 2.05) is 0 Å². The number of piperidine rings is 1. The summed E-state index contributed by atoms with van der Waals surface area (Å²) in [5.74, 6) is -2.02. The highest BCUT2D eigenvalue weighted by molar-refractivity contribution is 5.67. The van der Waals surface area contributed by atoms with Gasteiger partial charge in [-0.15, -0.1) is 0 Å². The number of carbonyl (C=O) groups is 1. The Kier molecular flexibility index (Phi) is 5.06. The van der Waals surface area contributed by atoms with E-state index in [1.54, 1.807) is 20.8 Å². The summed E-state index contributed by atoms with van der Waals surface area (Å²) in [4.78, 5) is 11.4. The van der Waals surface area contributed by atoms with Crippen molar-refractivity contribution in [1.82, 2.24) is 10.6 Å². The van der Waals surface area contributed by atoms with Crippen LogP contribution in [0.1, 0.15) is 27.2 Å². The van der Waals surface area contributed by atoms with Crippen LogP contribution in [0.15, 0.2) is 0 Å². The smallest absolute Gasteiger partial charge is 0.407 e. The third-order valence-corrected chi connectivity index (χ3v) is 2.95. The molecule has 0 unspecified atom stereocenters. The van der Waals surface area contributed by atoms with E-state index in [-0.39, 0.29) is 13.1 Å². The fourth-order valence-electron chi connectivity index (χ4n) is 2.07. The van der Waals surface area contributed by atoms with Gasteiger partial charge in [0.2, 0.25) is 0 Å². The first-order valence-corrected chi connectivity index (χ1v) is 6.34. The Morgan fingerprint density at radius 2 is 2.00 bits per heavy atom. The molecular formula is C12H21F3N2O2. The zero-order chi connectivity index (χ0) is 14.7.